The second-order valence-corrected chi connectivity index (χ2v) is 18.0. The maximum atomic E-state index is 6.29. The fraction of sp³-hybridized carbons (Fsp3) is 0.0149. The zero-order valence-corrected chi connectivity index (χ0v) is 37.8. The van der Waals surface area contributed by atoms with Crippen LogP contribution >= 0.6 is 0 Å². The third-order valence-electron chi connectivity index (χ3n) is 14.2. The Bertz CT molecular complexity index is 3780. The zero-order valence-electron chi connectivity index (χ0n) is 37.8. The van der Waals surface area contributed by atoms with Gasteiger partial charge < -0.3 is 9.32 Å². The molecule has 0 N–H and O–H groups in total. The molecule has 1 heterocycles. The zero-order chi connectivity index (χ0) is 45.7. The summed E-state index contributed by atoms with van der Waals surface area (Å²) in [5.74, 6) is 0. The predicted octanol–water partition coefficient (Wildman–Crippen LogP) is 18.1. The van der Waals surface area contributed by atoms with Gasteiger partial charge in [0.05, 0.1) is 11.1 Å². The Balaban J connectivity index is 0.925. The summed E-state index contributed by atoms with van der Waals surface area (Å²) in [5.41, 5.74) is 21.6. The summed E-state index contributed by atoms with van der Waals surface area (Å²) in [6.45, 7) is 0. The average Bonchev–Trinajstić information content (AvgIpc) is 3.96. The Morgan fingerprint density at radius 1 is 0.290 bits per heavy atom. The van der Waals surface area contributed by atoms with Gasteiger partial charge in [-0.25, -0.2) is 0 Å². The van der Waals surface area contributed by atoms with Gasteiger partial charge in [0.1, 0.15) is 11.2 Å². The largest absolute Gasteiger partial charge is 0.456 e. The predicted molar refractivity (Wildman–Crippen MR) is 287 cm³/mol. The lowest BCUT2D eigenvalue weighted by atomic mass is 9.67. The van der Waals surface area contributed by atoms with Crippen molar-refractivity contribution in [3.8, 4) is 55.6 Å². The van der Waals surface area contributed by atoms with Crippen LogP contribution in [0, 0.1) is 0 Å². The van der Waals surface area contributed by atoms with Crippen molar-refractivity contribution in [1.29, 1.82) is 0 Å². The van der Waals surface area contributed by atoms with E-state index in [1.807, 2.05) is 12.1 Å². The van der Waals surface area contributed by atoms with E-state index in [-0.39, 0.29) is 0 Å². The van der Waals surface area contributed by atoms with E-state index in [1.54, 1.807) is 0 Å². The number of hydrogen-bond donors (Lipinski definition) is 0. The van der Waals surface area contributed by atoms with Crippen LogP contribution in [-0.2, 0) is 5.41 Å². The van der Waals surface area contributed by atoms with Gasteiger partial charge in [0.15, 0.2) is 0 Å². The van der Waals surface area contributed by atoms with Gasteiger partial charge in [0, 0.05) is 27.7 Å². The smallest absolute Gasteiger partial charge is 0.136 e. The SMILES string of the molecule is c1ccc(-c2ccc(N(c3ccc(-c4cccc5oc6ccccc6c45)cc3)c3ccccc3-c3cccc(-c4ccc5c(c4)-c4ccccc4C5(c4ccccc4)c4ccccc4)c3)cc2)cc1. The van der Waals surface area contributed by atoms with Crippen molar-refractivity contribution >= 4 is 39.0 Å². The van der Waals surface area contributed by atoms with Crippen LogP contribution in [-0.4, -0.2) is 0 Å². The first kappa shape index (κ1) is 40.3. The molecule has 0 aliphatic heterocycles. The normalized spacial score (nSPS) is 12.5. The average molecular weight is 880 g/mol. The quantitative estimate of drug-likeness (QED) is 0.144. The van der Waals surface area contributed by atoms with Crippen molar-refractivity contribution in [2.24, 2.45) is 0 Å². The summed E-state index contributed by atoms with van der Waals surface area (Å²) in [6.07, 6.45) is 0. The van der Waals surface area contributed by atoms with Crippen LogP contribution in [0.25, 0.3) is 77.6 Å². The lowest BCUT2D eigenvalue weighted by molar-refractivity contribution is 0.669. The Morgan fingerprint density at radius 2 is 0.783 bits per heavy atom. The summed E-state index contributed by atoms with van der Waals surface area (Å²) in [5, 5.41) is 2.26. The molecule has 1 aliphatic carbocycles. The first-order chi connectivity index (χ1) is 34.2. The molecular weight excluding hydrogens is 835 g/mol. The monoisotopic (exact) mass is 879 g/mol. The van der Waals surface area contributed by atoms with Crippen LogP contribution in [0.15, 0.2) is 277 Å². The minimum atomic E-state index is -0.435. The molecule has 0 fully saturated rings. The van der Waals surface area contributed by atoms with Crippen LogP contribution in [0.5, 0.6) is 0 Å². The van der Waals surface area contributed by atoms with E-state index >= 15 is 0 Å². The molecular formula is C67H45NO. The summed E-state index contributed by atoms with van der Waals surface area (Å²) in [7, 11) is 0. The molecule has 1 aliphatic rings. The van der Waals surface area contributed by atoms with Gasteiger partial charge in [-0.15, -0.1) is 0 Å². The minimum Gasteiger partial charge on any atom is -0.456 e. The van der Waals surface area contributed by atoms with Crippen molar-refractivity contribution in [3.05, 3.63) is 295 Å². The molecule has 324 valence electrons. The van der Waals surface area contributed by atoms with Gasteiger partial charge in [-0.2, -0.15) is 0 Å². The number of rotatable bonds is 9. The first-order valence-electron chi connectivity index (χ1n) is 23.7. The van der Waals surface area contributed by atoms with E-state index in [1.165, 1.54) is 55.6 Å². The van der Waals surface area contributed by atoms with Crippen LogP contribution in [0.4, 0.5) is 17.1 Å². The van der Waals surface area contributed by atoms with E-state index < -0.39 is 5.41 Å². The van der Waals surface area contributed by atoms with Crippen LogP contribution in [0.1, 0.15) is 22.3 Å². The summed E-state index contributed by atoms with van der Waals surface area (Å²) >= 11 is 0. The minimum absolute atomic E-state index is 0.435. The third-order valence-corrected chi connectivity index (χ3v) is 14.2. The molecule has 13 rings (SSSR count). The summed E-state index contributed by atoms with van der Waals surface area (Å²) < 4.78 is 6.29. The van der Waals surface area contributed by atoms with Gasteiger partial charge in [0.2, 0.25) is 0 Å². The number of nitrogens with zero attached hydrogens (tertiary/aromatic N) is 1. The van der Waals surface area contributed by atoms with Crippen LogP contribution in [0.3, 0.4) is 0 Å². The molecule has 12 aromatic rings. The number of anilines is 3. The molecule has 0 radical (unpaired) electrons. The number of furan rings is 1. The highest BCUT2D eigenvalue weighted by Crippen LogP contribution is 2.57. The maximum Gasteiger partial charge on any atom is 0.136 e. The molecule has 11 aromatic carbocycles. The molecule has 0 amide bonds. The van der Waals surface area contributed by atoms with Crippen molar-refractivity contribution < 1.29 is 4.42 Å². The first-order valence-corrected chi connectivity index (χ1v) is 23.7. The molecule has 0 atom stereocenters. The molecule has 0 bridgehead atoms. The molecule has 1 aromatic heterocycles. The highest BCUT2D eigenvalue weighted by atomic mass is 16.3. The fourth-order valence-corrected chi connectivity index (χ4v) is 11.1. The van der Waals surface area contributed by atoms with Crippen molar-refractivity contribution in [2.45, 2.75) is 5.41 Å². The molecule has 0 saturated carbocycles. The maximum absolute atomic E-state index is 6.29. The van der Waals surface area contributed by atoms with Gasteiger partial charge in [-0.05, 0) is 127 Å². The molecule has 0 unspecified atom stereocenters. The second kappa shape index (κ2) is 16.7. The number of hydrogen-bond acceptors (Lipinski definition) is 2. The van der Waals surface area contributed by atoms with E-state index in [9.17, 15) is 0 Å². The van der Waals surface area contributed by atoms with E-state index in [0.29, 0.717) is 0 Å². The number of fused-ring (bicyclic) bond motifs is 6. The van der Waals surface area contributed by atoms with Gasteiger partial charge in [-0.3, -0.25) is 0 Å². The van der Waals surface area contributed by atoms with Gasteiger partial charge >= 0.3 is 0 Å². The molecule has 2 heteroatoms. The number of para-hydroxylation sites is 2. The molecule has 2 nitrogen and oxygen atoms in total. The highest BCUT2D eigenvalue weighted by molar-refractivity contribution is 6.12. The fourth-order valence-electron chi connectivity index (χ4n) is 11.1. The molecule has 0 spiro atoms. The third kappa shape index (κ3) is 6.72. The van der Waals surface area contributed by atoms with Crippen molar-refractivity contribution in [3.63, 3.8) is 0 Å². The van der Waals surface area contributed by atoms with E-state index in [0.717, 1.165) is 61.3 Å². The Hall–Kier alpha value is -8.98. The van der Waals surface area contributed by atoms with Crippen LogP contribution < -0.4 is 4.90 Å². The van der Waals surface area contributed by atoms with Gasteiger partial charge in [-0.1, -0.05) is 218 Å². The van der Waals surface area contributed by atoms with E-state index in [4.69, 9.17) is 4.42 Å². The Morgan fingerprint density at radius 3 is 1.52 bits per heavy atom. The topological polar surface area (TPSA) is 16.4 Å². The standard InChI is InChI=1S/C67H45NO/c1-4-18-46(19-5-1)47-34-39-54(40-35-47)68(55-41-36-48(37-42-55)57-29-17-33-65-66(57)59-28-12-15-32-64(59)69-65)63-31-14-11-26-56(63)51-21-16-20-49(44-51)50-38-43-62-60(45-50)58-27-10-13-30-61(58)67(62,52-22-6-2-7-23-52)53-24-8-3-9-25-53/h1-45H. The van der Waals surface area contributed by atoms with Gasteiger partial charge in [0.25, 0.3) is 0 Å². The molecule has 69 heavy (non-hydrogen) atoms. The van der Waals surface area contributed by atoms with Crippen LogP contribution in [0.2, 0.25) is 0 Å². The Labute approximate surface area is 402 Å². The lowest BCUT2D eigenvalue weighted by Gasteiger charge is -2.33. The van der Waals surface area contributed by atoms with Crippen molar-refractivity contribution in [1.82, 2.24) is 0 Å². The highest BCUT2D eigenvalue weighted by Gasteiger charge is 2.46. The Kier molecular flexibility index (Phi) is 9.77. The summed E-state index contributed by atoms with van der Waals surface area (Å²) in [6, 6.07) is 99.2. The van der Waals surface area contributed by atoms with E-state index in [2.05, 4.69) is 266 Å². The van der Waals surface area contributed by atoms with Crippen molar-refractivity contribution in [2.75, 3.05) is 4.90 Å². The second-order valence-electron chi connectivity index (χ2n) is 18.0. The summed E-state index contributed by atoms with van der Waals surface area (Å²) in [4.78, 5) is 2.40. The number of benzene rings is 11. The molecule has 0 saturated heterocycles. The lowest BCUT2D eigenvalue weighted by Crippen LogP contribution is -2.28.